The van der Waals surface area contributed by atoms with Crippen molar-refractivity contribution in [2.75, 3.05) is 0 Å². The molecule has 10 nitrogen and oxygen atoms in total. The third-order valence-corrected chi connectivity index (χ3v) is 22.2. The smallest absolute Gasteiger partial charge is 0.238 e. The highest BCUT2D eigenvalue weighted by Gasteiger charge is 2.27. The fourth-order valence-electron chi connectivity index (χ4n) is 15.0. The van der Waals surface area contributed by atoms with Gasteiger partial charge in [-0.3, -0.25) is 9.13 Å². The van der Waals surface area contributed by atoms with E-state index in [2.05, 4.69) is 0 Å². The zero-order chi connectivity index (χ0) is 100. The number of para-hydroxylation sites is 1. The normalized spacial score (nSPS) is 15.4. The van der Waals surface area contributed by atoms with Crippen molar-refractivity contribution in [2.45, 2.75) is 0 Å². The minimum Gasteiger partial charge on any atom is -0.456 e. The molecule has 16 aromatic carbocycles. The van der Waals surface area contributed by atoms with Crippen LogP contribution >= 0.6 is 22.7 Å². The van der Waals surface area contributed by atoms with Crippen LogP contribution in [-0.2, 0) is 0 Å². The first kappa shape index (κ1) is 42.4. The van der Waals surface area contributed by atoms with Crippen molar-refractivity contribution < 1.29 is 48.6 Å². The number of nitrogens with zero attached hydrogens (tertiary/aromatic N) is 8. The van der Waals surface area contributed by atoms with Gasteiger partial charge in [-0.15, -0.1) is 22.7 Å². The zero-order valence-electron chi connectivity index (χ0n) is 87.6. The van der Waals surface area contributed by atoms with Crippen LogP contribution in [0.4, 0.5) is 0 Å². The van der Waals surface area contributed by atoms with Crippen molar-refractivity contribution in [1.82, 2.24) is 39.0 Å². The van der Waals surface area contributed by atoms with Gasteiger partial charge in [0.15, 0.2) is 23.3 Å². The summed E-state index contributed by atoms with van der Waals surface area (Å²) < 4.78 is 280. The third kappa shape index (κ3) is 10.7. The predicted molar refractivity (Wildman–Crippen MR) is 472 cm³/mol. The van der Waals surface area contributed by atoms with Gasteiger partial charge >= 0.3 is 0 Å². The van der Waals surface area contributed by atoms with Crippen molar-refractivity contribution in [3.63, 3.8) is 0 Å². The molecule has 8 heterocycles. The Balaban J connectivity index is 0.000000159. The SMILES string of the molecule is [2H]c1c([2H])c(-c2ccccc2)c2c(oc3c([2H])c(-c4nc(-c5ccccc5)nc(-n5c6c([2H])c([2H])c(-c7ccccc7)c([2H])c6c6c7sc8c([2H])c([2H])c([2H])c([2H])c8c7c([2H])c([2H])c65)n4)c([2H])c([2H])c32)c1[2H].[2H]c1c([2H])c([2H])c(-c2nc(-c3ccc4c(c3)oc3cccc(-c5ccccc5)c34)nc(-n3c4c([2H])c([2H])c([2H])c([2H])c4c4c5sc6c([2H])c([2H])c([2H])c([2H])c6c5c(-c5ccccc5)c([2H])c43)n2)c([2H])c1[2H]. The summed E-state index contributed by atoms with van der Waals surface area (Å²) in [4.78, 5) is 29.0. The van der Waals surface area contributed by atoms with Crippen LogP contribution in [0.2, 0.25) is 0 Å². The summed E-state index contributed by atoms with van der Waals surface area (Å²) in [7, 11) is 0. The first-order chi connectivity index (χ1) is 68.6. The van der Waals surface area contributed by atoms with E-state index in [1.54, 1.807) is 133 Å². The second-order valence-corrected chi connectivity index (χ2v) is 28.5. The van der Waals surface area contributed by atoms with Gasteiger partial charge in [0.2, 0.25) is 11.9 Å². The molecule has 0 N–H and O–H groups in total. The van der Waals surface area contributed by atoms with Gasteiger partial charge in [0.1, 0.15) is 22.3 Å². The highest BCUT2D eigenvalue weighted by Crippen LogP contribution is 2.50. The van der Waals surface area contributed by atoms with Crippen molar-refractivity contribution in [1.29, 1.82) is 0 Å². The van der Waals surface area contributed by atoms with E-state index in [0.717, 1.165) is 44.6 Å². The fraction of sp³-hybridized carbons (Fsp3) is 0. The van der Waals surface area contributed by atoms with E-state index in [4.69, 9.17) is 63.4 Å². The zero-order valence-corrected chi connectivity index (χ0v) is 60.2. The van der Waals surface area contributed by atoms with Crippen LogP contribution in [0.15, 0.2) is 372 Å². The minimum atomic E-state index is -0.657. The molecular formula is C102H60N8O2S2. The Morgan fingerprint density at radius 3 is 1.51 bits per heavy atom. The second-order valence-electron chi connectivity index (χ2n) is 26.5. The van der Waals surface area contributed by atoms with Crippen LogP contribution in [0.25, 0.3) is 230 Å². The summed E-state index contributed by atoms with van der Waals surface area (Å²) in [6.45, 7) is 0. The summed E-state index contributed by atoms with van der Waals surface area (Å²) in [6.07, 6.45) is 0. The number of aromatic nitrogens is 8. The third-order valence-electron chi connectivity index (χ3n) is 20.0. The first-order valence-corrected chi connectivity index (χ1v) is 37.3. The molecule has 24 rings (SSSR count). The topological polar surface area (TPSA) is 113 Å². The second kappa shape index (κ2) is 26.5. The van der Waals surface area contributed by atoms with E-state index in [9.17, 15) is 15.1 Å². The Morgan fingerprint density at radius 1 is 0.246 bits per heavy atom. The minimum absolute atomic E-state index is 0.0126. The molecule has 0 bridgehead atoms. The summed E-state index contributed by atoms with van der Waals surface area (Å²) in [5.74, 6) is -1.51. The Bertz CT molecular complexity index is 9830. The molecule has 532 valence electrons. The van der Waals surface area contributed by atoms with Gasteiger partial charge < -0.3 is 8.83 Å². The molecule has 0 aliphatic heterocycles. The molecule has 8 aromatic heterocycles. The number of fused-ring (bicyclic) bond motifs is 20. The molecule has 0 atom stereocenters. The van der Waals surface area contributed by atoms with E-state index >= 15 is 0 Å². The average Bonchev–Trinajstić information content (AvgIpc) is 1.52. The van der Waals surface area contributed by atoms with E-state index in [0.29, 0.717) is 43.7 Å². The van der Waals surface area contributed by atoms with Crippen molar-refractivity contribution >= 4 is 151 Å². The van der Waals surface area contributed by atoms with Gasteiger partial charge in [-0.1, -0.05) is 285 Å². The standard InChI is InChI=1S/2C51H30N4OS/c1-4-15-31(16-5-1)35-23-14-25-42-45(35)37-28-27-34(29-43(37)56-42)50-52-49(33-19-8-3-9-20-33)53-51(54-50)55-40-24-12-10-21-36(40)47-41(55)30-39(32-17-6-2-7-18-32)46-38-22-11-13-26-44(38)57-48(46)47;1-4-13-31(14-5-1)34-24-27-41-40(29-34)47-42(28-26-38-37-19-10-11-22-45(37)57-48(38)47)55(41)51-53-49(33-17-8-3-9-18-33)52-50(54-51)35-23-25-39-44(30-35)56-43-21-12-20-36(46(39)43)32-15-6-2-7-16-32/h2*1-30H/i3D,8D,9D,10D,11D,12D,13D,19D,20D,21D,22D,24D,26D,30D;10D,11D,12D,19D,20D,21D,22D,23D,24D,25D,26D,27D,28D,29D,30D. The number of benzene rings is 16. The van der Waals surface area contributed by atoms with Gasteiger partial charge in [-0.25, -0.2) is 9.97 Å². The largest absolute Gasteiger partial charge is 0.456 e. The molecule has 0 spiro atoms. The van der Waals surface area contributed by atoms with Crippen LogP contribution in [0.1, 0.15) is 39.8 Å². The quantitative estimate of drug-likeness (QED) is 0.133. The highest BCUT2D eigenvalue weighted by atomic mass is 32.1. The maximum Gasteiger partial charge on any atom is 0.238 e. The molecule has 0 aliphatic rings. The summed E-state index contributed by atoms with van der Waals surface area (Å²) in [5, 5.41) is 2.36. The van der Waals surface area contributed by atoms with E-state index in [1.165, 1.54) is 9.13 Å². The molecule has 0 amide bonds. The molecule has 0 aliphatic carbocycles. The van der Waals surface area contributed by atoms with Gasteiger partial charge in [0.05, 0.1) is 61.8 Å². The lowest BCUT2D eigenvalue weighted by molar-refractivity contribution is 0.668. The van der Waals surface area contributed by atoms with Crippen LogP contribution in [-0.4, -0.2) is 39.0 Å². The van der Waals surface area contributed by atoms with E-state index < -0.39 is 133 Å². The van der Waals surface area contributed by atoms with Crippen LogP contribution < -0.4 is 0 Å². The van der Waals surface area contributed by atoms with Gasteiger partial charge in [0.25, 0.3) is 0 Å². The monoisotopic (exact) mass is 1520 g/mol. The Kier molecular flexibility index (Phi) is 9.84. The Labute approximate surface area is 700 Å². The Hall–Kier alpha value is -14.8. The van der Waals surface area contributed by atoms with Crippen LogP contribution in [0, 0.1) is 0 Å². The lowest BCUT2D eigenvalue weighted by Gasteiger charge is -2.12. The maximum atomic E-state index is 10.2. The van der Waals surface area contributed by atoms with Gasteiger partial charge in [-0.2, -0.15) is 19.9 Å². The van der Waals surface area contributed by atoms with Crippen LogP contribution in [0.3, 0.4) is 0 Å². The molecule has 0 unspecified atom stereocenters. The summed E-state index contributed by atoms with van der Waals surface area (Å²) >= 11 is 1.94. The molecule has 0 radical (unpaired) electrons. The van der Waals surface area contributed by atoms with Crippen molar-refractivity contribution in [3.05, 3.63) is 363 Å². The average molecular weight is 1520 g/mol. The molecule has 0 saturated carbocycles. The predicted octanol–water partition coefficient (Wildman–Crippen LogP) is 27.8. The molecular weight excluding hydrogens is 1430 g/mol. The van der Waals surface area contributed by atoms with Crippen LogP contribution in [0.5, 0.6) is 0 Å². The van der Waals surface area contributed by atoms with Crippen molar-refractivity contribution in [3.8, 4) is 102 Å². The van der Waals surface area contributed by atoms with E-state index in [1.807, 2.05) is 54.6 Å². The van der Waals surface area contributed by atoms with E-state index in [-0.39, 0.29) is 207 Å². The molecule has 0 saturated heterocycles. The lowest BCUT2D eigenvalue weighted by atomic mass is 9.97. The highest BCUT2D eigenvalue weighted by molar-refractivity contribution is 7.27. The van der Waals surface area contributed by atoms with Gasteiger partial charge in [0, 0.05) is 106 Å². The lowest BCUT2D eigenvalue weighted by Crippen LogP contribution is -2.06. The fourth-order valence-corrected chi connectivity index (χ4v) is 17.2. The first-order valence-electron chi connectivity index (χ1n) is 50.2. The Morgan fingerprint density at radius 2 is 0.781 bits per heavy atom. The molecule has 114 heavy (non-hydrogen) atoms. The number of furan rings is 2. The molecule has 24 aromatic rings. The van der Waals surface area contributed by atoms with Gasteiger partial charge in [-0.05, 0) is 123 Å². The summed E-state index contributed by atoms with van der Waals surface area (Å²) in [6, 6.07) is 41.7. The van der Waals surface area contributed by atoms with Crippen molar-refractivity contribution in [2.24, 2.45) is 0 Å². The number of hydrogen-bond acceptors (Lipinski definition) is 10. The number of hydrogen-bond donors (Lipinski definition) is 0. The molecule has 0 fully saturated rings. The number of rotatable bonds is 10. The number of thiophene rings is 2. The summed E-state index contributed by atoms with van der Waals surface area (Å²) in [5.41, 5.74) is 4.06. The maximum absolute atomic E-state index is 10.2. The molecule has 12 heteroatoms.